The molecule has 0 atom stereocenters. The number of esters is 1. The number of hydrogen-bond acceptors (Lipinski definition) is 6. The normalized spacial score (nSPS) is 10.0. The number of anilines is 2. The summed E-state index contributed by atoms with van der Waals surface area (Å²) >= 11 is 11.4. The zero-order valence-corrected chi connectivity index (χ0v) is 17.8. The number of hydrogen-bond donors (Lipinski definition) is 3. The lowest BCUT2D eigenvalue weighted by Gasteiger charge is -2.08. The number of aryl methyl sites for hydroxylation is 1. The first-order valence-corrected chi connectivity index (χ1v) is 9.42. The summed E-state index contributed by atoms with van der Waals surface area (Å²) in [5.41, 5.74) is 6.83. The predicted molar refractivity (Wildman–Crippen MR) is 116 cm³/mol. The first-order valence-electron chi connectivity index (χ1n) is 8.66. The Bertz CT molecular complexity index is 1050. The lowest BCUT2D eigenvalue weighted by atomic mass is 10.2. The largest absolute Gasteiger partial charge is 0.478 e. The van der Waals surface area contributed by atoms with Gasteiger partial charge in [0.05, 0.1) is 24.8 Å². The number of nitrogen functional groups attached to an aromatic ring is 1. The fourth-order valence-corrected chi connectivity index (χ4v) is 2.77. The molecule has 1 aromatic heterocycles. The van der Waals surface area contributed by atoms with E-state index in [0.29, 0.717) is 33.5 Å². The second kappa shape index (κ2) is 10.6. The molecule has 7 nitrogen and oxygen atoms in total. The molecule has 2 aromatic carbocycles. The van der Waals surface area contributed by atoms with Gasteiger partial charge in [-0.3, -0.25) is 0 Å². The Hall–Kier alpha value is -3.16. The zero-order chi connectivity index (χ0) is 22.3. The van der Waals surface area contributed by atoms with Crippen LogP contribution in [0.5, 0.6) is 0 Å². The average Bonchev–Trinajstić information content (AvgIpc) is 3.13. The number of benzene rings is 2. The fourth-order valence-electron chi connectivity index (χ4n) is 2.43. The maximum absolute atomic E-state index is 11.1. The smallest absolute Gasteiger partial charge is 0.340 e. The molecule has 9 heteroatoms. The molecule has 1 heterocycles. The van der Waals surface area contributed by atoms with Crippen LogP contribution in [0.2, 0.25) is 10.0 Å². The second-order valence-electron chi connectivity index (χ2n) is 6.08. The Labute approximate surface area is 183 Å². The number of nitrogens with one attached hydrogen (secondary N) is 1. The molecule has 0 aliphatic heterocycles. The topological polar surface area (TPSA) is 115 Å². The van der Waals surface area contributed by atoms with Crippen molar-refractivity contribution in [1.29, 1.82) is 0 Å². The van der Waals surface area contributed by atoms with Crippen LogP contribution in [-0.2, 0) is 11.3 Å². The molecule has 3 rings (SSSR count). The van der Waals surface area contributed by atoms with Crippen molar-refractivity contribution in [2.45, 2.75) is 13.5 Å². The van der Waals surface area contributed by atoms with Gasteiger partial charge in [-0.25, -0.2) is 9.59 Å². The van der Waals surface area contributed by atoms with Crippen molar-refractivity contribution in [3.8, 4) is 0 Å². The lowest BCUT2D eigenvalue weighted by molar-refractivity contribution is 0.0601. The molecule has 0 aliphatic carbocycles. The molecule has 0 radical (unpaired) electrons. The third-order valence-corrected chi connectivity index (χ3v) is 4.35. The third-order valence-electron chi connectivity index (χ3n) is 3.88. The molecular formula is C21H20Cl2N2O5. The lowest BCUT2D eigenvalue weighted by Crippen LogP contribution is -2.05. The Morgan fingerprint density at radius 3 is 2.27 bits per heavy atom. The van der Waals surface area contributed by atoms with E-state index in [1.807, 2.05) is 19.1 Å². The number of ether oxygens (including phenoxy) is 1. The van der Waals surface area contributed by atoms with Crippen molar-refractivity contribution in [1.82, 2.24) is 0 Å². The molecule has 0 spiro atoms. The monoisotopic (exact) mass is 450 g/mol. The van der Waals surface area contributed by atoms with Gasteiger partial charge in [0.1, 0.15) is 11.5 Å². The minimum Gasteiger partial charge on any atom is -0.478 e. The fraction of sp³-hybridized carbons (Fsp3) is 0.143. The highest BCUT2D eigenvalue weighted by Crippen LogP contribution is 2.22. The van der Waals surface area contributed by atoms with Crippen LogP contribution >= 0.6 is 23.2 Å². The van der Waals surface area contributed by atoms with Gasteiger partial charge in [0.25, 0.3) is 0 Å². The minimum atomic E-state index is -1.02. The molecule has 0 bridgehead atoms. The summed E-state index contributed by atoms with van der Waals surface area (Å²) in [6.45, 7) is 2.28. The van der Waals surface area contributed by atoms with Crippen LogP contribution in [0.15, 0.2) is 52.9 Å². The van der Waals surface area contributed by atoms with Crippen molar-refractivity contribution in [2.75, 3.05) is 18.2 Å². The van der Waals surface area contributed by atoms with Gasteiger partial charge in [0.2, 0.25) is 0 Å². The molecule has 30 heavy (non-hydrogen) atoms. The Kier molecular flexibility index (Phi) is 8.15. The number of rotatable bonds is 5. The number of aromatic carboxylic acids is 1. The number of halogens is 2. The molecule has 0 fully saturated rings. The van der Waals surface area contributed by atoms with Crippen molar-refractivity contribution < 1.29 is 23.8 Å². The van der Waals surface area contributed by atoms with Crippen LogP contribution in [0, 0.1) is 6.92 Å². The Balaban J connectivity index is 0.000000232. The van der Waals surface area contributed by atoms with Crippen LogP contribution < -0.4 is 11.1 Å². The average molecular weight is 451 g/mol. The van der Waals surface area contributed by atoms with Gasteiger partial charge in [0, 0.05) is 21.4 Å². The van der Waals surface area contributed by atoms with E-state index in [2.05, 4.69) is 10.1 Å². The van der Waals surface area contributed by atoms with E-state index in [0.717, 1.165) is 11.5 Å². The van der Waals surface area contributed by atoms with E-state index < -0.39 is 11.9 Å². The summed E-state index contributed by atoms with van der Waals surface area (Å²) in [6, 6.07) is 13.1. The quantitative estimate of drug-likeness (QED) is 0.358. The van der Waals surface area contributed by atoms with E-state index in [1.54, 1.807) is 24.3 Å². The first-order chi connectivity index (χ1) is 14.2. The summed E-state index contributed by atoms with van der Waals surface area (Å²) in [7, 11) is 1.29. The third kappa shape index (κ3) is 6.43. The molecule has 0 aliphatic rings. The number of furan rings is 1. The highest BCUT2D eigenvalue weighted by Gasteiger charge is 2.11. The molecular weight excluding hydrogens is 431 g/mol. The number of carbonyl (C=O) groups is 2. The van der Waals surface area contributed by atoms with Crippen molar-refractivity contribution in [3.05, 3.63) is 81.2 Å². The van der Waals surface area contributed by atoms with Crippen molar-refractivity contribution in [3.63, 3.8) is 0 Å². The molecule has 158 valence electrons. The van der Waals surface area contributed by atoms with E-state index in [9.17, 15) is 9.59 Å². The van der Waals surface area contributed by atoms with Crippen molar-refractivity contribution in [2.24, 2.45) is 0 Å². The van der Waals surface area contributed by atoms with Crippen LogP contribution in [0.1, 0.15) is 32.2 Å². The van der Waals surface area contributed by atoms with Crippen LogP contribution in [0.3, 0.4) is 0 Å². The predicted octanol–water partition coefficient (Wildman–Crippen LogP) is 5.26. The molecule has 0 amide bonds. The highest BCUT2D eigenvalue weighted by atomic mass is 35.5. The maximum atomic E-state index is 11.1. The van der Waals surface area contributed by atoms with Crippen LogP contribution in [-0.4, -0.2) is 24.2 Å². The minimum absolute atomic E-state index is 0.144. The number of nitrogens with two attached hydrogens (primary N) is 1. The second-order valence-corrected chi connectivity index (χ2v) is 6.96. The first kappa shape index (κ1) is 23.1. The summed E-state index contributed by atoms with van der Waals surface area (Å²) in [5.74, 6) is 0.0748. The number of carboxylic acid groups (broad SMARTS) is 1. The van der Waals surface area contributed by atoms with Gasteiger partial charge in [-0.15, -0.1) is 0 Å². The van der Waals surface area contributed by atoms with Crippen molar-refractivity contribution >= 4 is 46.5 Å². The number of methoxy groups -OCH3 is 1. The standard InChI is InChI=1S/C13H12ClNO3.C8H8ClNO2/c1-8-2-4-10(18-8)7-15-12-5-3-9(14)6-11(12)13(16)17;1-12-8(11)6-4-5(9)2-3-7(6)10/h2-6,15H,7H2,1H3,(H,16,17);2-4H,10H2,1H3. The summed E-state index contributed by atoms with van der Waals surface area (Å²) < 4.78 is 9.89. The number of carbonyl (C=O) groups excluding carboxylic acids is 1. The molecule has 0 unspecified atom stereocenters. The van der Waals surface area contributed by atoms with Gasteiger partial charge >= 0.3 is 11.9 Å². The van der Waals surface area contributed by atoms with E-state index in [-0.39, 0.29) is 5.56 Å². The zero-order valence-electron chi connectivity index (χ0n) is 16.2. The molecule has 4 N–H and O–H groups in total. The Morgan fingerprint density at radius 1 is 1.07 bits per heavy atom. The van der Waals surface area contributed by atoms with Gasteiger partial charge in [0.15, 0.2) is 0 Å². The van der Waals surface area contributed by atoms with Gasteiger partial charge in [-0.1, -0.05) is 23.2 Å². The maximum Gasteiger partial charge on any atom is 0.340 e. The van der Waals surface area contributed by atoms with E-state index in [1.165, 1.54) is 19.2 Å². The number of carboxylic acids is 1. The summed E-state index contributed by atoms with van der Waals surface area (Å²) in [6.07, 6.45) is 0. The molecule has 0 saturated heterocycles. The van der Waals surface area contributed by atoms with Gasteiger partial charge < -0.3 is 25.3 Å². The van der Waals surface area contributed by atoms with Gasteiger partial charge in [-0.2, -0.15) is 0 Å². The van der Waals surface area contributed by atoms with Crippen LogP contribution in [0.25, 0.3) is 0 Å². The molecule has 0 saturated carbocycles. The molecule has 3 aromatic rings. The van der Waals surface area contributed by atoms with E-state index in [4.69, 9.17) is 38.5 Å². The van der Waals surface area contributed by atoms with E-state index >= 15 is 0 Å². The van der Waals surface area contributed by atoms with Gasteiger partial charge in [-0.05, 0) is 55.5 Å². The van der Waals surface area contributed by atoms with Crippen LogP contribution in [0.4, 0.5) is 11.4 Å². The summed E-state index contributed by atoms with van der Waals surface area (Å²) in [5, 5.41) is 12.9. The SMILES string of the molecule is COC(=O)c1cc(Cl)ccc1N.Cc1ccc(CNc2ccc(Cl)cc2C(=O)O)o1. The Morgan fingerprint density at radius 2 is 1.70 bits per heavy atom. The summed E-state index contributed by atoms with van der Waals surface area (Å²) in [4.78, 5) is 22.1. The highest BCUT2D eigenvalue weighted by molar-refractivity contribution is 6.31.